The van der Waals surface area contributed by atoms with Crippen LogP contribution in [0.4, 0.5) is 0 Å². The molecule has 0 radical (unpaired) electrons. The van der Waals surface area contributed by atoms with Crippen LogP contribution in [-0.2, 0) is 0 Å². The average molecular weight is 216 g/mol. The molecule has 0 amide bonds. The van der Waals surface area contributed by atoms with Crippen LogP contribution in [0.2, 0.25) is 0 Å². The van der Waals surface area contributed by atoms with E-state index in [2.05, 4.69) is 23.4 Å². The monoisotopic (exact) mass is 216 g/mol. The van der Waals surface area contributed by atoms with Crippen molar-refractivity contribution in [2.24, 2.45) is 0 Å². The van der Waals surface area contributed by atoms with Gasteiger partial charge in [0.25, 0.3) is 0 Å². The molecule has 3 heteroatoms. The van der Waals surface area contributed by atoms with Gasteiger partial charge in [-0.25, -0.2) is 4.98 Å². The summed E-state index contributed by atoms with van der Waals surface area (Å²) in [4.78, 5) is 4.64. The Bertz CT molecular complexity index is 538. The summed E-state index contributed by atoms with van der Waals surface area (Å²) < 4.78 is 2.23. The summed E-state index contributed by atoms with van der Waals surface area (Å²) in [5, 5.41) is 9.96. The zero-order valence-corrected chi connectivity index (χ0v) is 9.64. The highest BCUT2D eigenvalue weighted by Gasteiger charge is 2.29. The zero-order chi connectivity index (χ0) is 11.3. The van der Waals surface area contributed by atoms with Gasteiger partial charge < -0.3 is 9.67 Å². The second kappa shape index (κ2) is 3.24. The summed E-state index contributed by atoms with van der Waals surface area (Å²) in [7, 11) is 0. The number of benzene rings is 1. The van der Waals surface area contributed by atoms with Crippen LogP contribution in [0, 0.1) is 0 Å². The molecule has 2 aromatic rings. The average Bonchev–Trinajstić information content (AvgIpc) is 2.99. The van der Waals surface area contributed by atoms with Crippen molar-refractivity contribution in [3.05, 3.63) is 24.0 Å². The first-order valence-corrected chi connectivity index (χ1v) is 5.88. The first-order chi connectivity index (χ1) is 7.68. The highest BCUT2D eigenvalue weighted by atomic mass is 16.3. The number of aromatic hydroxyl groups is 1. The van der Waals surface area contributed by atoms with E-state index in [0.29, 0.717) is 17.7 Å². The van der Waals surface area contributed by atoms with Crippen molar-refractivity contribution < 1.29 is 5.11 Å². The molecule has 1 fully saturated rings. The zero-order valence-electron chi connectivity index (χ0n) is 9.64. The number of imidazole rings is 1. The third-order valence-corrected chi connectivity index (χ3v) is 3.14. The van der Waals surface area contributed by atoms with Gasteiger partial charge in [0, 0.05) is 12.0 Å². The van der Waals surface area contributed by atoms with E-state index in [4.69, 9.17) is 0 Å². The van der Waals surface area contributed by atoms with Crippen LogP contribution in [0.5, 0.6) is 5.75 Å². The van der Waals surface area contributed by atoms with Gasteiger partial charge in [0.05, 0.1) is 5.52 Å². The molecule has 1 saturated carbocycles. The minimum Gasteiger partial charge on any atom is -0.506 e. The summed E-state index contributed by atoms with van der Waals surface area (Å²) in [5.74, 6) is 1.84. The van der Waals surface area contributed by atoms with Crippen molar-refractivity contribution in [3.8, 4) is 5.75 Å². The molecule has 1 aliphatic carbocycles. The van der Waals surface area contributed by atoms with Crippen LogP contribution in [0.25, 0.3) is 11.0 Å². The quantitative estimate of drug-likeness (QED) is 0.837. The van der Waals surface area contributed by atoms with Gasteiger partial charge in [-0.1, -0.05) is 19.9 Å². The van der Waals surface area contributed by atoms with Gasteiger partial charge in [0.1, 0.15) is 17.1 Å². The number of rotatable bonds is 2. The fraction of sp³-hybridized carbons (Fsp3) is 0.462. The lowest BCUT2D eigenvalue weighted by atomic mass is 10.2. The Labute approximate surface area is 94.7 Å². The van der Waals surface area contributed by atoms with Gasteiger partial charge >= 0.3 is 0 Å². The predicted octanol–water partition coefficient (Wildman–Crippen LogP) is 3.20. The fourth-order valence-corrected chi connectivity index (χ4v) is 2.26. The molecule has 0 aliphatic heterocycles. The Hall–Kier alpha value is -1.51. The van der Waals surface area contributed by atoms with Crippen LogP contribution in [0.15, 0.2) is 18.2 Å². The van der Waals surface area contributed by atoms with E-state index < -0.39 is 0 Å². The molecular weight excluding hydrogens is 200 g/mol. The van der Waals surface area contributed by atoms with Crippen molar-refractivity contribution in [2.45, 2.75) is 38.6 Å². The molecule has 84 valence electrons. The van der Waals surface area contributed by atoms with E-state index in [1.807, 2.05) is 12.1 Å². The second-order valence-corrected chi connectivity index (χ2v) is 4.87. The second-order valence-electron chi connectivity index (χ2n) is 4.87. The molecule has 0 unspecified atom stereocenters. The highest BCUT2D eigenvalue weighted by molar-refractivity contribution is 5.82. The van der Waals surface area contributed by atoms with Crippen LogP contribution in [0.3, 0.4) is 0 Å². The number of hydrogen-bond donors (Lipinski definition) is 1. The van der Waals surface area contributed by atoms with E-state index in [0.717, 1.165) is 16.9 Å². The van der Waals surface area contributed by atoms with Crippen LogP contribution in [0.1, 0.15) is 44.5 Å². The standard InChI is InChI=1S/C13H16N2O/c1-8(2)13-14-10-4-3-5-11(16)12(10)15(13)9-6-7-9/h3-5,8-9,16H,6-7H2,1-2H3. The van der Waals surface area contributed by atoms with E-state index in [1.165, 1.54) is 12.8 Å². The maximum atomic E-state index is 9.96. The third-order valence-electron chi connectivity index (χ3n) is 3.14. The largest absolute Gasteiger partial charge is 0.506 e. The minimum atomic E-state index is 0.351. The lowest BCUT2D eigenvalue weighted by Crippen LogP contribution is -2.03. The van der Waals surface area contributed by atoms with Crippen molar-refractivity contribution in [1.82, 2.24) is 9.55 Å². The Morgan fingerprint density at radius 3 is 2.75 bits per heavy atom. The van der Waals surface area contributed by atoms with Gasteiger partial charge in [-0.2, -0.15) is 0 Å². The first kappa shape index (κ1) is 9.70. The summed E-state index contributed by atoms with van der Waals surface area (Å²) in [5.41, 5.74) is 1.82. The Kier molecular flexibility index (Phi) is 1.96. The number of nitrogens with zero attached hydrogens (tertiary/aromatic N) is 2. The smallest absolute Gasteiger partial charge is 0.141 e. The number of fused-ring (bicyclic) bond motifs is 1. The maximum Gasteiger partial charge on any atom is 0.141 e. The number of para-hydroxylation sites is 1. The van der Waals surface area contributed by atoms with Gasteiger partial charge in [0.15, 0.2) is 0 Å². The molecule has 1 heterocycles. The van der Waals surface area contributed by atoms with E-state index >= 15 is 0 Å². The molecule has 3 nitrogen and oxygen atoms in total. The molecule has 16 heavy (non-hydrogen) atoms. The summed E-state index contributed by atoms with van der Waals surface area (Å²) in [6, 6.07) is 6.12. The molecule has 1 aliphatic rings. The van der Waals surface area contributed by atoms with Gasteiger partial charge in [0.2, 0.25) is 0 Å². The molecule has 1 N–H and O–H groups in total. The number of hydrogen-bond acceptors (Lipinski definition) is 2. The number of aromatic nitrogens is 2. The molecule has 0 bridgehead atoms. The Morgan fingerprint density at radius 2 is 2.12 bits per heavy atom. The fourth-order valence-electron chi connectivity index (χ4n) is 2.26. The lowest BCUT2D eigenvalue weighted by Gasteiger charge is -2.10. The highest BCUT2D eigenvalue weighted by Crippen LogP contribution is 2.42. The summed E-state index contributed by atoms with van der Waals surface area (Å²) >= 11 is 0. The molecule has 3 rings (SSSR count). The molecule has 0 atom stereocenters. The van der Waals surface area contributed by atoms with Gasteiger partial charge in [-0.05, 0) is 25.0 Å². The summed E-state index contributed by atoms with van der Waals surface area (Å²) in [6.07, 6.45) is 2.42. The molecule has 1 aromatic carbocycles. The topological polar surface area (TPSA) is 38.1 Å². The molecular formula is C13H16N2O. The van der Waals surface area contributed by atoms with E-state index in [9.17, 15) is 5.11 Å². The maximum absolute atomic E-state index is 9.96. The van der Waals surface area contributed by atoms with Crippen LogP contribution >= 0.6 is 0 Å². The van der Waals surface area contributed by atoms with E-state index in [-0.39, 0.29) is 0 Å². The van der Waals surface area contributed by atoms with E-state index in [1.54, 1.807) is 6.07 Å². The minimum absolute atomic E-state index is 0.351. The predicted molar refractivity (Wildman–Crippen MR) is 63.8 cm³/mol. The van der Waals surface area contributed by atoms with Crippen molar-refractivity contribution >= 4 is 11.0 Å². The van der Waals surface area contributed by atoms with Crippen LogP contribution < -0.4 is 0 Å². The van der Waals surface area contributed by atoms with Crippen molar-refractivity contribution in [1.29, 1.82) is 0 Å². The van der Waals surface area contributed by atoms with Gasteiger partial charge in [-0.15, -0.1) is 0 Å². The summed E-state index contributed by atoms with van der Waals surface area (Å²) in [6.45, 7) is 4.30. The van der Waals surface area contributed by atoms with Gasteiger partial charge in [-0.3, -0.25) is 0 Å². The SMILES string of the molecule is CC(C)c1nc2cccc(O)c2n1C1CC1. The third kappa shape index (κ3) is 1.31. The number of phenols is 1. The molecule has 0 saturated heterocycles. The Morgan fingerprint density at radius 1 is 1.38 bits per heavy atom. The van der Waals surface area contributed by atoms with Crippen molar-refractivity contribution in [3.63, 3.8) is 0 Å². The first-order valence-electron chi connectivity index (χ1n) is 5.88. The lowest BCUT2D eigenvalue weighted by molar-refractivity contribution is 0.476. The Balaban J connectivity index is 2.34. The molecule has 0 spiro atoms. The normalized spacial score (nSPS) is 16.2. The molecule has 1 aromatic heterocycles. The number of phenolic OH excluding ortho intramolecular Hbond substituents is 1. The van der Waals surface area contributed by atoms with Crippen LogP contribution in [-0.4, -0.2) is 14.7 Å². The van der Waals surface area contributed by atoms with Crippen molar-refractivity contribution in [2.75, 3.05) is 0 Å².